The number of carbonyl (C=O) groups is 5. The molecule has 0 aliphatic carbocycles. The Bertz CT molecular complexity index is 1930. The highest BCUT2D eigenvalue weighted by atomic mass is 19.4. The first-order chi connectivity index (χ1) is 24.3. The second-order valence-corrected chi connectivity index (χ2v) is 11.6. The average molecular weight is 704 g/mol. The van der Waals surface area contributed by atoms with E-state index in [0.29, 0.717) is 24.2 Å². The third kappa shape index (κ3) is 9.29. The lowest BCUT2D eigenvalue weighted by Gasteiger charge is -2.21. The van der Waals surface area contributed by atoms with Crippen LogP contribution in [0.15, 0.2) is 91.0 Å². The molecule has 1 aliphatic heterocycles. The Labute approximate surface area is 290 Å². The number of benzene rings is 4. The maximum atomic E-state index is 13.5. The lowest BCUT2D eigenvalue weighted by atomic mass is 10.0. The minimum absolute atomic E-state index is 0.00190. The zero-order valence-electron chi connectivity index (χ0n) is 27.2. The van der Waals surface area contributed by atoms with Crippen molar-refractivity contribution in [2.45, 2.75) is 32.0 Å². The summed E-state index contributed by atoms with van der Waals surface area (Å²) in [5.41, 5.74) is 0.612. The maximum Gasteiger partial charge on any atom is 0.416 e. The molecule has 0 unspecified atom stereocenters. The van der Waals surface area contributed by atoms with Crippen LogP contribution < -0.4 is 19.7 Å². The third-order valence-electron chi connectivity index (χ3n) is 8.00. The second-order valence-electron chi connectivity index (χ2n) is 11.6. The molecule has 4 aromatic rings. The van der Waals surface area contributed by atoms with E-state index in [-0.39, 0.29) is 46.3 Å². The van der Waals surface area contributed by atoms with Crippen LogP contribution in [0.4, 0.5) is 24.5 Å². The van der Waals surface area contributed by atoms with Gasteiger partial charge < -0.3 is 29.7 Å². The molecule has 4 aromatic carbocycles. The highest BCUT2D eigenvalue weighted by molar-refractivity contribution is 5.98. The molecule has 3 amide bonds. The number of esters is 1. The van der Waals surface area contributed by atoms with Crippen LogP contribution in [-0.4, -0.2) is 59.9 Å². The van der Waals surface area contributed by atoms with Crippen molar-refractivity contribution < 1.29 is 51.7 Å². The predicted octanol–water partition coefficient (Wildman–Crippen LogP) is 5.97. The molecule has 0 bridgehead atoms. The van der Waals surface area contributed by atoms with Crippen molar-refractivity contribution in [2.75, 3.05) is 30.4 Å². The van der Waals surface area contributed by atoms with Crippen molar-refractivity contribution in [3.8, 4) is 11.5 Å². The molecule has 0 radical (unpaired) electrons. The number of nitrogens with zero attached hydrogens (tertiary/aromatic N) is 2. The molecule has 51 heavy (non-hydrogen) atoms. The Morgan fingerprint density at radius 1 is 0.882 bits per heavy atom. The van der Waals surface area contributed by atoms with Gasteiger partial charge in [-0.2, -0.15) is 13.2 Å². The van der Waals surface area contributed by atoms with E-state index in [1.54, 1.807) is 41.3 Å². The van der Waals surface area contributed by atoms with Gasteiger partial charge in [0.15, 0.2) is 0 Å². The summed E-state index contributed by atoms with van der Waals surface area (Å²) in [5.74, 6) is -2.97. The minimum atomic E-state index is -4.70. The van der Waals surface area contributed by atoms with Crippen molar-refractivity contribution in [1.29, 1.82) is 0 Å². The molecule has 0 saturated carbocycles. The fraction of sp³-hybridized carbons (Fsp3) is 0.216. The Morgan fingerprint density at radius 3 is 2.12 bits per heavy atom. The molecule has 0 aromatic heterocycles. The van der Waals surface area contributed by atoms with Crippen LogP contribution in [0, 0.1) is 0 Å². The first-order valence-corrected chi connectivity index (χ1v) is 15.7. The van der Waals surface area contributed by atoms with Crippen molar-refractivity contribution in [1.82, 2.24) is 4.90 Å². The zero-order chi connectivity index (χ0) is 36.7. The lowest BCUT2D eigenvalue weighted by molar-refractivity contribution is -0.139. The van der Waals surface area contributed by atoms with Gasteiger partial charge in [0.25, 0.3) is 5.91 Å². The highest BCUT2D eigenvalue weighted by Gasteiger charge is 2.34. The van der Waals surface area contributed by atoms with Gasteiger partial charge in [0.05, 0.1) is 24.7 Å². The van der Waals surface area contributed by atoms with Gasteiger partial charge in [0.1, 0.15) is 18.0 Å². The number of carbonyl (C=O) groups excluding carboxylic acids is 4. The van der Waals surface area contributed by atoms with Gasteiger partial charge in [-0.05, 0) is 90.3 Å². The number of carboxylic acid groups (broad SMARTS) is 1. The van der Waals surface area contributed by atoms with Gasteiger partial charge in [-0.1, -0.05) is 18.2 Å². The molecule has 1 heterocycles. The number of amides is 3. The second kappa shape index (κ2) is 15.6. The molecule has 0 atom stereocenters. The quantitative estimate of drug-likeness (QED) is 0.136. The van der Waals surface area contributed by atoms with Crippen molar-refractivity contribution in [3.05, 3.63) is 119 Å². The number of methoxy groups -OCH3 is 1. The third-order valence-corrected chi connectivity index (χ3v) is 8.00. The van der Waals surface area contributed by atoms with Crippen LogP contribution in [0.5, 0.6) is 11.5 Å². The molecule has 11 nitrogen and oxygen atoms in total. The largest absolute Gasteiger partial charge is 0.497 e. The number of hydrogen-bond acceptors (Lipinski definition) is 7. The fourth-order valence-electron chi connectivity index (χ4n) is 5.47. The van der Waals surface area contributed by atoms with E-state index in [4.69, 9.17) is 9.47 Å². The average Bonchev–Trinajstić information content (AvgIpc) is 3.54. The summed E-state index contributed by atoms with van der Waals surface area (Å²) in [6, 6.07) is 21.5. The summed E-state index contributed by atoms with van der Waals surface area (Å²) < 4.78 is 50.9. The Kier molecular flexibility index (Phi) is 11.0. The van der Waals surface area contributed by atoms with Gasteiger partial charge in [0, 0.05) is 36.4 Å². The van der Waals surface area contributed by atoms with Crippen LogP contribution >= 0.6 is 0 Å². The minimum Gasteiger partial charge on any atom is -0.497 e. The van der Waals surface area contributed by atoms with Crippen LogP contribution in [0.25, 0.3) is 0 Å². The van der Waals surface area contributed by atoms with E-state index in [9.17, 15) is 42.3 Å². The number of anilines is 2. The van der Waals surface area contributed by atoms with Gasteiger partial charge in [0.2, 0.25) is 11.8 Å². The zero-order valence-corrected chi connectivity index (χ0v) is 27.2. The summed E-state index contributed by atoms with van der Waals surface area (Å²) in [5, 5.41) is 12.0. The molecule has 2 N–H and O–H groups in total. The molecule has 264 valence electrons. The highest BCUT2D eigenvalue weighted by Crippen LogP contribution is 2.35. The van der Waals surface area contributed by atoms with E-state index in [1.165, 1.54) is 55.6 Å². The Hall–Kier alpha value is -6.18. The fourth-order valence-corrected chi connectivity index (χ4v) is 5.47. The SMILES string of the molecule is COc1ccc(CC(=O)Nc2ccc(C(=O)N(CC(=O)O)Cc3ccc(OC(=O)c4ccc(N5CCCC5=O)cc4)cc3)cc2)c(C(F)(F)F)c1. The Balaban J connectivity index is 1.19. The maximum absolute atomic E-state index is 13.5. The monoisotopic (exact) mass is 703 g/mol. The number of alkyl halides is 3. The number of hydrogen-bond donors (Lipinski definition) is 2. The number of halogens is 3. The summed E-state index contributed by atoms with van der Waals surface area (Å²) >= 11 is 0. The first kappa shape index (κ1) is 36.1. The van der Waals surface area contributed by atoms with Crippen molar-refractivity contribution in [2.24, 2.45) is 0 Å². The van der Waals surface area contributed by atoms with Gasteiger partial charge in [-0.15, -0.1) is 0 Å². The summed E-state index contributed by atoms with van der Waals surface area (Å²) in [4.78, 5) is 64.9. The number of carboxylic acids is 1. The molecule has 1 aliphatic rings. The first-order valence-electron chi connectivity index (χ1n) is 15.7. The topological polar surface area (TPSA) is 143 Å². The Morgan fingerprint density at radius 2 is 1.53 bits per heavy atom. The molecule has 1 saturated heterocycles. The van der Waals surface area contributed by atoms with Crippen molar-refractivity contribution in [3.63, 3.8) is 0 Å². The molecule has 14 heteroatoms. The molecule has 1 fully saturated rings. The van der Waals surface area contributed by atoms with E-state index in [2.05, 4.69) is 5.32 Å². The molecule has 5 rings (SSSR count). The number of rotatable bonds is 12. The molecule has 0 spiro atoms. The van der Waals surface area contributed by atoms with E-state index in [0.717, 1.165) is 17.4 Å². The standard InChI is InChI=1S/C37H32F3N3O8/c1-50-30-17-10-26(31(20-30)37(38,39)40)19-32(44)41-27-11-6-24(7-12-27)35(48)42(22-34(46)47)21-23-4-15-29(16-5-23)51-36(49)25-8-13-28(14-9-25)43-18-2-3-33(43)45/h4-17,20H,2-3,18-19,21-22H2,1H3,(H,41,44)(H,46,47). The van der Waals surface area contributed by atoms with Crippen LogP contribution in [0.3, 0.4) is 0 Å². The van der Waals surface area contributed by atoms with Gasteiger partial charge in [-0.3, -0.25) is 19.2 Å². The van der Waals surface area contributed by atoms with Gasteiger partial charge >= 0.3 is 18.1 Å². The van der Waals surface area contributed by atoms with Crippen molar-refractivity contribution >= 4 is 41.0 Å². The number of ether oxygens (including phenoxy) is 2. The van der Waals surface area contributed by atoms with E-state index >= 15 is 0 Å². The lowest BCUT2D eigenvalue weighted by Crippen LogP contribution is -2.35. The van der Waals surface area contributed by atoms with E-state index in [1.807, 2.05) is 0 Å². The number of nitrogens with one attached hydrogen (secondary N) is 1. The number of aliphatic carboxylic acids is 1. The van der Waals surface area contributed by atoms with Crippen LogP contribution in [0.2, 0.25) is 0 Å². The summed E-state index contributed by atoms with van der Waals surface area (Å²) in [7, 11) is 1.23. The summed E-state index contributed by atoms with van der Waals surface area (Å²) in [6.07, 6.45) is -4.00. The van der Waals surface area contributed by atoms with Gasteiger partial charge in [-0.25, -0.2) is 4.79 Å². The summed E-state index contributed by atoms with van der Waals surface area (Å²) in [6.45, 7) is -0.0998. The normalized spacial score (nSPS) is 12.7. The molecular formula is C37H32F3N3O8. The van der Waals surface area contributed by atoms with Crippen LogP contribution in [0.1, 0.15) is 50.2 Å². The molecular weight excluding hydrogens is 671 g/mol. The smallest absolute Gasteiger partial charge is 0.416 e. The van der Waals surface area contributed by atoms with Crippen LogP contribution in [-0.2, 0) is 33.5 Å². The predicted molar refractivity (Wildman–Crippen MR) is 179 cm³/mol. The van der Waals surface area contributed by atoms with E-state index < -0.39 is 48.5 Å².